The van der Waals surface area contributed by atoms with Crippen LogP contribution in [0.1, 0.15) is 12.8 Å². The van der Waals surface area contributed by atoms with E-state index in [9.17, 15) is 14.4 Å². The van der Waals surface area contributed by atoms with Crippen molar-refractivity contribution in [1.29, 1.82) is 0 Å². The first-order valence-corrected chi connectivity index (χ1v) is 6.01. The number of methoxy groups -OCH3 is 1. The second kappa shape index (κ2) is 6.85. The maximum absolute atomic E-state index is 11.8. The van der Waals surface area contributed by atoms with Gasteiger partial charge in [0, 0.05) is 27.8 Å². The Bertz CT molecular complexity index is 591. The highest BCUT2D eigenvalue weighted by atomic mass is 16.5. The number of carboxylic acids is 1. The van der Waals surface area contributed by atoms with Gasteiger partial charge in [-0.05, 0) is 12.8 Å². The number of hydrogen-bond acceptors (Lipinski definition) is 6. The summed E-state index contributed by atoms with van der Waals surface area (Å²) >= 11 is 0. The molecule has 0 saturated carbocycles. The molecule has 0 aliphatic carbocycles. The van der Waals surface area contributed by atoms with Crippen LogP contribution in [0.4, 0.5) is 5.82 Å². The smallest absolute Gasteiger partial charge is 0.346 e. The summed E-state index contributed by atoms with van der Waals surface area (Å²) < 4.78 is 6.69. The summed E-state index contributed by atoms with van der Waals surface area (Å²) in [5, 5.41) is 15.4. The lowest BCUT2D eigenvalue weighted by atomic mass is 10.1. The highest BCUT2D eigenvalue weighted by Crippen LogP contribution is 2.04. The molecular formula is C11H18N4O5. The molecule has 0 amide bonds. The summed E-state index contributed by atoms with van der Waals surface area (Å²) in [5.41, 5.74) is -1.24. The molecule has 0 radical (unpaired) electrons. The third kappa shape index (κ3) is 3.67. The van der Waals surface area contributed by atoms with Crippen LogP contribution in [0.5, 0.6) is 0 Å². The molecule has 0 aromatic carbocycles. The highest BCUT2D eigenvalue weighted by molar-refractivity contribution is 5.76. The summed E-state index contributed by atoms with van der Waals surface area (Å²) in [6, 6.07) is -0.970. The van der Waals surface area contributed by atoms with Crippen LogP contribution >= 0.6 is 0 Å². The Balaban J connectivity index is 2.97. The Hall–Kier alpha value is -2.16. The van der Waals surface area contributed by atoms with Gasteiger partial charge in [-0.25, -0.2) is 14.3 Å². The second-order valence-electron chi connectivity index (χ2n) is 4.29. The third-order valence-corrected chi connectivity index (χ3v) is 2.77. The summed E-state index contributed by atoms with van der Waals surface area (Å²) in [6.07, 6.45) is 0.795. The molecule has 0 fully saturated rings. The number of aryl methyl sites for hydroxylation is 1. The number of rotatable bonds is 7. The maximum Gasteiger partial charge on any atom is 0.346 e. The van der Waals surface area contributed by atoms with E-state index in [2.05, 4.69) is 10.4 Å². The summed E-state index contributed by atoms with van der Waals surface area (Å²) in [7, 11) is 4.21. The van der Waals surface area contributed by atoms with Gasteiger partial charge in [-0.15, -0.1) is 5.10 Å². The lowest BCUT2D eigenvalue weighted by Crippen LogP contribution is -2.42. The number of carbonyl (C=O) groups is 1. The van der Waals surface area contributed by atoms with Crippen LogP contribution in [0.3, 0.4) is 0 Å². The van der Waals surface area contributed by atoms with Gasteiger partial charge < -0.3 is 15.2 Å². The number of carboxylic acid groups (broad SMARTS) is 1. The summed E-state index contributed by atoms with van der Waals surface area (Å²) in [6.45, 7) is 0.421. The molecule has 0 aliphatic rings. The fourth-order valence-corrected chi connectivity index (χ4v) is 1.64. The van der Waals surface area contributed by atoms with Gasteiger partial charge in [0.1, 0.15) is 6.04 Å². The number of ether oxygens (including phenoxy) is 1. The normalized spacial score (nSPS) is 12.2. The molecule has 2 N–H and O–H groups in total. The molecule has 1 heterocycles. The van der Waals surface area contributed by atoms with Crippen LogP contribution < -0.4 is 16.6 Å². The molecule has 1 rings (SSSR count). The van der Waals surface area contributed by atoms with Crippen molar-refractivity contribution in [3.63, 3.8) is 0 Å². The maximum atomic E-state index is 11.8. The van der Waals surface area contributed by atoms with E-state index in [-0.39, 0.29) is 12.2 Å². The number of nitrogens with zero attached hydrogens (tertiary/aromatic N) is 3. The van der Waals surface area contributed by atoms with Crippen LogP contribution in [-0.4, -0.2) is 45.2 Å². The van der Waals surface area contributed by atoms with Gasteiger partial charge in [-0.2, -0.15) is 0 Å². The number of anilines is 1. The van der Waals surface area contributed by atoms with Gasteiger partial charge in [0.25, 0.3) is 5.56 Å². The first-order valence-electron chi connectivity index (χ1n) is 6.01. The van der Waals surface area contributed by atoms with E-state index in [1.165, 1.54) is 21.2 Å². The van der Waals surface area contributed by atoms with Gasteiger partial charge in [0.15, 0.2) is 0 Å². The van der Waals surface area contributed by atoms with E-state index in [4.69, 9.17) is 9.84 Å². The minimum atomic E-state index is -1.10. The van der Waals surface area contributed by atoms with Crippen LogP contribution in [0.25, 0.3) is 0 Å². The SMILES string of the molecule is COCCCC(Nc1nn(C)c(=O)n(C)c1=O)C(=O)O. The Kier molecular flexibility index (Phi) is 5.44. The van der Waals surface area contributed by atoms with Crippen molar-refractivity contribution in [3.8, 4) is 0 Å². The van der Waals surface area contributed by atoms with Crippen molar-refractivity contribution >= 4 is 11.8 Å². The first-order chi connectivity index (χ1) is 9.38. The van der Waals surface area contributed by atoms with Crippen LogP contribution in [-0.2, 0) is 23.6 Å². The van der Waals surface area contributed by atoms with Crippen molar-refractivity contribution in [1.82, 2.24) is 14.3 Å². The van der Waals surface area contributed by atoms with Crippen molar-refractivity contribution in [2.75, 3.05) is 19.0 Å². The number of aromatic nitrogens is 3. The largest absolute Gasteiger partial charge is 0.480 e. The Labute approximate surface area is 114 Å². The molecule has 0 saturated heterocycles. The highest BCUT2D eigenvalue weighted by Gasteiger charge is 2.20. The topological polar surface area (TPSA) is 115 Å². The third-order valence-electron chi connectivity index (χ3n) is 2.77. The molecule has 20 heavy (non-hydrogen) atoms. The molecular weight excluding hydrogens is 268 g/mol. The Morgan fingerprint density at radius 1 is 1.45 bits per heavy atom. The van der Waals surface area contributed by atoms with Crippen molar-refractivity contribution in [2.45, 2.75) is 18.9 Å². The van der Waals surface area contributed by atoms with Crippen molar-refractivity contribution in [2.24, 2.45) is 14.1 Å². The number of nitrogens with one attached hydrogen (secondary N) is 1. The number of hydrogen-bond donors (Lipinski definition) is 2. The van der Waals surface area contributed by atoms with Crippen LogP contribution in [0.15, 0.2) is 9.59 Å². The lowest BCUT2D eigenvalue weighted by molar-refractivity contribution is -0.138. The molecule has 0 spiro atoms. The Morgan fingerprint density at radius 2 is 2.10 bits per heavy atom. The van der Waals surface area contributed by atoms with Gasteiger partial charge in [0.05, 0.1) is 0 Å². The average Bonchev–Trinajstić information content (AvgIpc) is 2.40. The summed E-state index contributed by atoms with van der Waals surface area (Å²) in [4.78, 5) is 34.4. The zero-order chi connectivity index (χ0) is 15.3. The molecule has 1 aromatic rings. The quantitative estimate of drug-likeness (QED) is 0.603. The molecule has 112 valence electrons. The zero-order valence-corrected chi connectivity index (χ0v) is 11.6. The Morgan fingerprint density at radius 3 is 2.65 bits per heavy atom. The molecule has 9 nitrogen and oxygen atoms in total. The van der Waals surface area contributed by atoms with Crippen LogP contribution in [0.2, 0.25) is 0 Å². The lowest BCUT2D eigenvalue weighted by Gasteiger charge is -2.15. The van der Waals surface area contributed by atoms with Crippen LogP contribution in [0, 0.1) is 0 Å². The number of aliphatic carboxylic acids is 1. The van der Waals surface area contributed by atoms with E-state index >= 15 is 0 Å². The van der Waals surface area contributed by atoms with E-state index < -0.39 is 23.3 Å². The fourth-order valence-electron chi connectivity index (χ4n) is 1.64. The van der Waals surface area contributed by atoms with Gasteiger partial charge in [-0.1, -0.05) is 0 Å². The molecule has 0 bridgehead atoms. The average molecular weight is 286 g/mol. The summed E-state index contributed by atoms with van der Waals surface area (Å²) in [5.74, 6) is -1.27. The van der Waals surface area contributed by atoms with Gasteiger partial charge in [-0.3, -0.25) is 9.36 Å². The minimum Gasteiger partial charge on any atom is -0.480 e. The van der Waals surface area contributed by atoms with E-state index in [0.29, 0.717) is 13.0 Å². The van der Waals surface area contributed by atoms with Crippen molar-refractivity contribution < 1.29 is 14.6 Å². The monoisotopic (exact) mass is 286 g/mol. The molecule has 1 unspecified atom stereocenters. The fraction of sp³-hybridized carbons (Fsp3) is 0.636. The molecule has 1 aromatic heterocycles. The van der Waals surface area contributed by atoms with Gasteiger partial charge in [0.2, 0.25) is 5.82 Å². The van der Waals surface area contributed by atoms with Crippen molar-refractivity contribution in [3.05, 3.63) is 20.8 Å². The molecule has 1 atom stereocenters. The second-order valence-corrected chi connectivity index (χ2v) is 4.29. The zero-order valence-electron chi connectivity index (χ0n) is 11.6. The molecule has 9 heteroatoms. The predicted molar refractivity (Wildman–Crippen MR) is 70.9 cm³/mol. The van der Waals surface area contributed by atoms with Gasteiger partial charge >= 0.3 is 11.7 Å². The standard InChI is InChI=1S/C11H18N4O5/c1-14-9(16)8(13-15(2)11(14)19)12-7(10(17)18)5-4-6-20-3/h7H,4-6H2,1-3H3,(H,12,13)(H,17,18). The van der Waals surface area contributed by atoms with E-state index in [1.54, 1.807) is 0 Å². The minimum absolute atomic E-state index is 0.167. The van der Waals surface area contributed by atoms with E-state index in [1.807, 2.05) is 0 Å². The first kappa shape index (κ1) is 15.9. The predicted octanol–water partition coefficient (Wildman–Crippen LogP) is -1.23. The molecule has 0 aliphatic heterocycles. The van der Waals surface area contributed by atoms with E-state index in [0.717, 1.165) is 9.25 Å².